The molecule has 1 unspecified atom stereocenters. The summed E-state index contributed by atoms with van der Waals surface area (Å²) < 4.78 is 21.9. The average Bonchev–Trinajstić information content (AvgIpc) is 2.42. The summed E-state index contributed by atoms with van der Waals surface area (Å²) in [6.45, 7) is 0. The lowest BCUT2D eigenvalue weighted by molar-refractivity contribution is 0.564. The summed E-state index contributed by atoms with van der Waals surface area (Å²) in [6.07, 6.45) is 0. The molecule has 1 atom stereocenters. The Hall–Kier alpha value is -0.980. The predicted molar refractivity (Wildman–Crippen MR) is 56.1 cm³/mol. The molecule has 0 aliphatic heterocycles. The van der Waals surface area contributed by atoms with Gasteiger partial charge < -0.3 is 9.12 Å². The number of benzene rings is 1. The van der Waals surface area contributed by atoms with E-state index in [2.05, 4.69) is 0 Å². The second kappa shape index (κ2) is 3.30. The Balaban J connectivity index is 2.80. The Bertz CT molecular complexity index is 569. The van der Waals surface area contributed by atoms with Crippen LogP contribution in [0.25, 0.3) is 10.2 Å². The molecule has 0 aliphatic carbocycles. The molecule has 0 fully saturated rings. The number of hydrogen-bond donors (Lipinski definition) is 1. The highest BCUT2D eigenvalue weighted by Gasteiger charge is 2.06. The molecule has 0 saturated heterocycles. The van der Waals surface area contributed by atoms with E-state index in [0.717, 1.165) is 21.6 Å². The maximum absolute atomic E-state index is 11.3. The van der Waals surface area contributed by atoms with Gasteiger partial charge in [-0.05, 0) is 18.2 Å². The van der Waals surface area contributed by atoms with E-state index in [-0.39, 0.29) is 4.87 Å². The Kier molecular flexibility index (Phi) is 2.26. The molecule has 74 valence electrons. The highest BCUT2D eigenvalue weighted by Crippen LogP contribution is 2.19. The van der Waals surface area contributed by atoms with Crippen LogP contribution in [0.1, 0.15) is 0 Å². The Morgan fingerprint density at radius 2 is 2.21 bits per heavy atom. The van der Waals surface area contributed by atoms with Gasteiger partial charge in [0, 0.05) is 7.05 Å². The zero-order valence-electron chi connectivity index (χ0n) is 7.26. The molecule has 1 aromatic carbocycles. The molecule has 6 heteroatoms. The van der Waals surface area contributed by atoms with Crippen LogP contribution < -0.4 is 4.87 Å². The first-order valence-electron chi connectivity index (χ1n) is 3.80. The lowest BCUT2D eigenvalue weighted by Crippen LogP contribution is -2.06. The van der Waals surface area contributed by atoms with Crippen LogP contribution in [0.5, 0.6) is 0 Å². The number of thiazole rings is 1. The number of nitrogens with zero attached hydrogens (tertiary/aromatic N) is 1. The molecule has 0 amide bonds. The summed E-state index contributed by atoms with van der Waals surface area (Å²) >= 11 is -0.915. The van der Waals surface area contributed by atoms with Gasteiger partial charge in [-0.2, -0.15) is 0 Å². The van der Waals surface area contributed by atoms with Crippen LogP contribution in [-0.4, -0.2) is 13.3 Å². The fourth-order valence-corrected chi connectivity index (χ4v) is 2.62. The number of aryl methyl sites for hydroxylation is 1. The van der Waals surface area contributed by atoms with Gasteiger partial charge in [-0.15, -0.1) is 0 Å². The van der Waals surface area contributed by atoms with Crippen LogP contribution in [0.4, 0.5) is 0 Å². The van der Waals surface area contributed by atoms with Gasteiger partial charge in [-0.1, -0.05) is 11.3 Å². The summed E-state index contributed by atoms with van der Waals surface area (Å²) in [4.78, 5) is 11.5. The quantitative estimate of drug-likeness (QED) is 0.747. The van der Waals surface area contributed by atoms with Crippen LogP contribution in [-0.2, 0) is 18.1 Å². The number of rotatable bonds is 1. The maximum Gasteiger partial charge on any atom is 0.307 e. The minimum atomic E-state index is -1.99. The zero-order valence-corrected chi connectivity index (χ0v) is 8.89. The first-order chi connectivity index (χ1) is 6.59. The van der Waals surface area contributed by atoms with Gasteiger partial charge in [-0.25, -0.2) is 4.21 Å². The third-order valence-electron chi connectivity index (χ3n) is 1.97. The van der Waals surface area contributed by atoms with E-state index in [4.69, 9.17) is 4.55 Å². The Labute approximate surface area is 86.1 Å². The molecule has 1 heterocycles. The summed E-state index contributed by atoms with van der Waals surface area (Å²) in [5.74, 6) is 0. The Morgan fingerprint density at radius 1 is 1.50 bits per heavy atom. The van der Waals surface area contributed by atoms with E-state index in [1.165, 1.54) is 4.57 Å². The minimum absolute atomic E-state index is 0.0686. The van der Waals surface area contributed by atoms with Gasteiger partial charge in [0.2, 0.25) is 0 Å². The second-order valence-electron chi connectivity index (χ2n) is 2.81. The minimum Gasteiger partial charge on any atom is -0.302 e. The van der Waals surface area contributed by atoms with Crippen molar-refractivity contribution in [3.8, 4) is 0 Å². The van der Waals surface area contributed by atoms with Gasteiger partial charge >= 0.3 is 4.87 Å². The average molecular weight is 229 g/mol. The predicted octanol–water partition coefficient (Wildman–Crippen LogP) is 1.18. The van der Waals surface area contributed by atoms with Crippen LogP contribution >= 0.6 is 11.3 Å². The van der Waals surface area contributed by atoms with Gasteiger partial charge in [0.25, 0.3) is 0 Å². The van der Waals surface area contributed by atoms with Crippen LogP contribution in [0, 0.1) is 0 Å². The van der Waals surface area contributed by atoms with Gasteiger partial charge in [0.1, 0.15) is 0 Å². The van der Waals surface area contributed by atoms with Gasteiger partial charge in [0.05, 0.1) is 15.1 Å². The molecule has 0 radical (unpaired) electrons. The monoisotopic (exact) mass is 229 g/mol. The molecule has 0 spiro atoms. The molecule has 0 saturated carbocycles. The van der Waals surface area contributed by atoms with Crippen LogP contribution in [0.2, 0.25) is 0 Å². The highest BCUT2D eigenvalue weighted by molar-refractivity contribution is 7.79. The van der Waals surface area contributed by atoms with Crippen LogP contribution in [0.15, 0.2) is 27.9 Å². The Morgan fingerprint density at radius 3 is 2.86 bits per heavy atom. The van der Waals surface area contributed by atoms with E-state index >= 15 is 0 Å². The van der Waals surface area contributed by atoms with Crippen molar-refractivity contribution < 1.29 is 8.76 Å². The zero-order chi connectivity index (χ0) is 10.3. The molecule has 4 nitrogen and oxygen atoms in total. The summed E-state index contributed by atoms with van der Waals surface area (Å²) in [7, 11) is 1.68. The van der Waals surface area contributed by atoms with E-state index in [1.807, 2.05) is 0 Å². The largest absolute Gasteiger partial charge is 0.307 e. The fourth-order valence-electron chi connectivity index (χ4n) is 1.22. The topological polar surface area (TPSA) is 59.3 Å². The summed E-state index contributed by atoms with van der Waals surface area (Å²) in [5, 5.41) is 0. The van der Waals surface area contributed by atoms with Crippen molar-refractivity contribution in [3.63, 3.8) is 0 Å². The van der Waals surface area contributed by atoms with Gasteiger partial charge in [-0.3, -0.25) is 4.79 Å². The van der Waals surface area contributed by atoms with E-state index < -0.39 is 11.1 Å². The van der Waals surface area contributed by atoms with Crippen molar-refractivity contribution in [1.29, 1.82) is 0 Å². The van der Waals surface area contributed by atoms with E-state index in [0.29, 0.717) is 4.90 Å². The third kappa shape index (κ3) is 1.41. The van der Waals surface area contributed by atoms with Crippen molar-refractivity contribution in [1.82, 2.24) is 4.57 Å². The van der Waals surface area contributed by atoms with E-state index in [9.17, 15) is 9.00 Å². The van der Waals surface area contributed by atoms with Crippen molar-refractivity contribution in [2.75, 3.05) is 0 Å². The SMILES string of the molecule is Cn1c(=O)sc2cc(S(=O)O)ccc21. The summed E-state index contributed by atoms with van der Waals surface area (Å²) in [5.41, 5.74) is 0.786. The normalized spacial score (nSPS) is 13.3. The molecular weight excluding hydrogens is 222 g/mol. The second-order valence-corrected chi connectivity index (χ2v) is 4.77. The number of fused-ring (bicyclic) bond motifs is 1. The maximum atomic E-state index is 11.3. The lowest BCUT2D eigenvalue weighted by atomic mass is 10.3. The number of hydrogen-bond acceptors (Lipinski definition) is 3. The smallest absolute Gasteiger partial charge is 0.302 e. The molecule has 2 aromatic rings. The van der Waals surface area contributed by atoms with Gasteiger partial charge in [0.15, 0.2) is 11.1 Å². The molecule has 1 aromatic heterocycles. The first kappa shape index (κ1) is 9.57. The molecule has 2 rings (SSSR count). The van der Waals surface area contributed by atoms with Crippen molar-refractivity contribution in [2.24, 2.45) is 7.05 Å². The molecule has 0 bridgehead atoms. The number of aromatic nitrogens is 1. The van der Waals surface area contributed by atoms with Crippen molar-refractivity contribution in [2.45, 2.75) is 4.90 Å². The highest BCUT2D eigenvalue weighted by atomic mass is 32.2. The fraction of sp³-hybridized carbons (Fsp3) is 0.125. The van der Waals surface area contributed by atoms with E-state index in [1.54, 1.807) is 25.2 Å². The molecular formula is C8H7NO3S2. The van der Waals surface area contributed by atoms with Crippen molar-refractivity contribution >= 4 is 32.6 Å². The lowest BCUT2D eigenvalue weighted by Gasteiger charge is -1.95. The standard InChI is InChI=1S/C8H7NO3S2/c1-9-6-3-2-5(14(11)12)4-7(6)13-8(9)10/h2-4H,1H3,(H,11,12). The van der Waals surface area contributed by atoms with Crippen molar-refractivity contribution in [3.05, 3.63) is 27.9 Å². The molecule has 14 heavy (non-hydrogen) atoms. The first-order valence-corrected chi connectivity index (χ1v) is 5.72. The summed E-state index contributed by atoms with van der Waals surface area (Å²) in [6, 6.07) is 4.79. The molecule has 0 aliphatic rings. The molecule has 1 N–H and O–H groups in total. The van der Waals surface area contributed by atoms with Crippen LogP contribution in [0.3, 0.4) is 0 Å². The third-order valence-corrected chi connectivity index (χ3v) is 3.62.